The molecule has 1 aromatic heterocycles. The van der Waals surface area contributed by atoms with Crippen LogP contribution in [0.25, 0.3) is 22.1 Å². The van der Waals surface area contributed by atoms with Gasteiger partial charge < -0.3 is 4.42 Å². The Bertz CT molecular complexity index is 845. The molecule has 2 aromatic carbocycles. The summed E-state index contributed by atoms with van der Waals surface area (Å²) in [5.41, 5.74) is 1.63. The van der Waals surface area contributed by atoms with E-state index in [2.05, 4.69) is 0 Å². The second-order valence-corrected chi connectivity index (χ2v) is 4.20. The zero-order valence-corrected chi connectivity index (χ0v) is 10.2. The fourth-order valence-corrected chi connectivity index (χ4v) is 2.21. The number of nitriles is 1. The number of benzene rings is 2. The Morgan fingerprint density at radius 2 is 1.85 bits per heavy atom. The first kappa shape index (κ1) is 11.9. The number of para-hydroxylation sites is 1. The molecule has 0 unspecified atom stereocenters. The molecule has 3 rings (SSSR count). The van der Waals surface area contributed by atoms with Crippen LogP contribution in [0.2, 0.25) is 0 Å². The highest BCUT2D eigenvalue weighted by molar-refractivity contribution is 6.00. The van der Waals surface area contributed by atoms with Gasteiger partial charge in [-0.15, -0.1) is 0 Å². The van der Waals surface area contributed by atoms with Crippen LogP contribution in [-0.4, -0.2) is 4.92 Å². The third-order valence-electron chi connectivity index (χ3n) is 3.05. The first-order valence-corrected chi connectivity index (χ1v) is 5.88. The van der Waals surface area contributed by atoms with Gasteiger partial charge in [-0.1, -0.05) is 42.5 Å². The third-order valence-corrected chi connectivity index (χ3v) is 3.05. The molecule has 0 N–H and O–H groups in total. The summed E-state index contributed by atoms with van der Waals surface area (Å²) in [5, 5.41) is 20.8. The molecule has 0 atom stereocenters. The highest BCUT2D eigenvalue weighted by atomic mass is 16.6. The molecule has 5 nitrogen and oxygen atoms in total. The van der Waals surface area contributed by atoms with E-state index in [1.807, 2.05) is 12.1 Å². The lowest BCUT2D eigenvalue weighted by molar-refractivity contribution is -0.400. The summed E-state index contributed by atoms with van der Waals surface area (Å²) in [6.45, 7) is 0. The molecule has 1 heterocycles. The van der Waals surface area contributed by atoms with E-state index in [4.69, 9.17) is 9.68 Å². The molecule has 0 bridgehead atoms. The largest absolute Gasteiger partial charge is 0.442 e. The summed E-state index contributed by atoms with van der Waals surface area (Å²) in [6.07, 6.45) is 0. The highest BCUT2D eigenvalue weighted by Crippen LogP contribution is 2.40. The number of furan rings is 1. The zero-order valence-electron chi connectivity index (χ0n) is 10.2. The first-order chi connectivity index (χ1) is 9.72. The van der Waals surface area contributed by atoms with Crippen LogP contribution in [0, 0.1) is 21.4 Å². The predicted octanol–water partition coefficient (Wildman–Crippen LogP) is 3.88. The summed E-state index contributed by atoms with van der Waals surface area (Å²) in [6, 6.07) is 15.9. The molecule has 0 aliphatic heterocycles. The van der Waals surface area contributed by atoms with Gasteiger partial charge in [0.2, 0.25) is 0 Å². The molecule has 0 fully saturated rings. The van der Waals surface area contributed by atoms with Crippen LogP contribution in [0.4, 0.5) is 5.88 Å². The minimum atomic E-state index is -0.566. The Hall–Kier alpha value is -3.13. The maximum Gasteiger partial charge on any atom is 0.442 e. The van der Waals surface area contributed by atoms with Crippen molar-refractivity contribution in [3.05, 3.63) is 64.2 Å². The lowest BCUT2D eigenvalue weighted by atomic mass is 10.0. The molecule has 0 saturated carbocycles. The van der Waals surface area contributed by atoms with Crippen LogP contribution < -0.4 is 0 Å². The van der Waals surface area contributed by atoms with E-state index in [9.17, 15) is 10.1 Å². The lowest BCUT2D eigenvalue weighted by Crippen LogP contribution is -1.87. The van der Waals surface area contributed by atoms with Crippen molar-refractivity contribution in [1.82, 2.24) is 0 Å². The van der Waals surface area contributed by atoms with Gasteiger partial charge in [0.15, 0.2) is 5.58 Å². The van der Waals surface area contributed by atoms with Crippen molar-refractivity contribution in [1.29, 1.82) is 5.26 Å². The van der Waals surface area contributed by atoms with E-state index in [0.717, 1.165) is 0 Å². The number of rotatable bonds is 2. The smallest absolute Gasteiger partial charge is 0.399 e. The molecule has 0 aliphatic carbocycles. The van der Waals surface area contributed by atoms with E-state index < -0.39 is 4.92 Å². The summed E-state index contributed by atoms with van der Waals surface area (Å²) < 4.78 is 5.32. The SMILES string of the molecule is N#Cc1cccc2c(-c3ccccc3)c([N+](=O)[O-])oc12. The van der Waals surface area contributed by atoms with E-state index in [-0.39, 0.29) is 17.0 Å². The number of nitro groups is 1. The standard InChI is InChI=1S/C15H8N2O3/c16-9-11-7-4-8-12-13(10-5-2-1-3-6-10)15(17(18)19)20-14(11)12/h1-8H. The van der Waals surface area contributed by atoms with Gasteiger partial charge in [-0.3, -0.25) is 10.1 Å². The monoisotopic (exact) mass is 264 g/mol. The summed E-state index contributed by atoms with van der Waals surface area (Å²) >= 11 is 0. The van der Waals surface area contributed by atoms with Crippen molar-refractivity contribution < 1.29 is 9.34 Å². The molecule has 5 heteroatoms. The predicted molar refractivity (Wildman–Crippen MR) is 73.0 cm³/mol. The van der Waals surface area contributed by atoms with Gasteiger partial charge in [-0.05, 0) is 11.6 Å². The third kappa shape index (κ3) is 1.71. The Morgan fingerprint density at radius 3 is 2.50 bits per heavy atom. The molecular formula is C15H8N2O3. The van der Waals surface area contributed by atoms with Gasteiger partial charge in [0.1, 0.15) is 16.6 Å². The molecule has 0 aliphatic rings. The van der Waals surface area contributed by atoms with E-state index in [0.29, 0.717) is 16.5 Å². The molecule has 20 heavy (non-hydrogen) atoms. The van der Waals surface area contributed by atoms with Crippen molar-refractivity contribution in [2.75, 3.05) is 0 Å². The molecule has 0 saturated heterocycles. The minimum absolute atomic E-state index is 0.251. The molecule has 0 amide bonds. The second-order valence-electron chi connectivity index (χ2n) is 4.20. The van der Waals surface area contributed by atoms with E-state index in [1.54, 1.807) is 42.5 Å². The molecular weight excluding hydrogens is 256 g/mol. The van der Waals surface area contributed by atoms with Gasteiger partial charge in [-0.25, -0.2) is 0 Å². The maximum absolute atomic E-state index is 11.2. The van der Waals surface area contributed by atoms with Gasteiger partial charge in [0, 0.05) is 5.39 Å². The molecule has 3 aromatic rings. The van der Waals surface area contributed by atoms with Crippen molar-refractivity contribution in [3.8, 4) is 17.2 Å². The average Bonchev–Trinajstić information content (AvgIpc) is 2.87. The van der Waals surface area contributed by atoms with Crippen molar-refractivity contribution >= 4 is 16.9 Å². The second kappa shape index (κ2) is 4.52. The van der Waals surface area contributed by atoms with Crippen LogP contribution >= 0.6 is 0 Å². The van der Waals surface area contributed by atoms with E-state index in [1.165, 1.54) is 0 Å². The van der Waals surface area contributed by atoms with Crippen LogP contribution in [0.1, 0.15) is 5.56 Å². The number of hydrogen-bond donors (Lipinski definition) is 0. The zero-order chi connectivity index (χ0) is 14.1. The maximum atomic E-state index is 11.2. The number of fused-ring (bicyclic) bond motifs is 1. The Labute approximate surface area is 113 Å². The average molecular weight is 264 g/mol. The summed E-state index contributed by atoms with van der Waals surface area (Å²) in [5.74, 6) is -0.339. The highest BCUT2D eigenvalue weighted by Gasteiger charge is 2.26. The topological polar surface area (TPSA) is 80.1 Å². The summed E-state index contributed by atoms with van der Waals surface area (Å²) in [7, 11) is 0. The molecule has 0 radical (unpaired) electrons. The Morgan fingerprint density at radius 1 is 1.10 bits per heavy atom. The van der Waals surface area contributed by atoms with Crippen LogP contribution in [0.15, 0.2) is 52.9 Å². The van der Waals surface area contributed by atoms with Crippen LogP contribution in [0.3, 0.4) is 0 Å². The minimum Gasteiger partial charge on any atom is -0.399 e. The Balaban J connectivity index is 2.43. The van der Waals surface area contributed by atoms with Gasteiger partial charge in [0.05, 0.1) is 5.56 Å². The van der Waals surface area contributed by atoms with Crippen molar-refractivity contribution in [2.24, 2.45) is 0 Å². The fourth-order valence-electron chi connectivity index (χ4n) is 2.21. The van der Waals surface area contributed by atoms with Crippen LogP contribution in [0.5, 0.6) is 0 Å². The summed E-state index contributed by atoms with van der Waals surface area (Å²) in [4.78, 5) is 10.6. The lowest BCUT2D eigenvalue weighted by Gasteiger charge is -1.97. The van der Waals surface area contributed by atoms with Crippen LogP contribution in [-0.2, 0) is 0 Å². The van der Waals surface area contributed by atoms with Gasteiger partial charge in [0.25, 0.3) is 0 Å². The number of hydrogen-bond acceptors (Lipinski definition) is 4. The molecule has 0 spiro atoms. The first-order valence-electron chi connectivity index (χ1n) is 5.88. The quantitative estimate of drug-likeness (QED) is 0.519. The van der Waals surface area contributed by atoms with Crippen molar-refractivity contribution in [2.45, 2.75) is 0 Å². The normalized spacial score (nSPS) is 10.3. The molecule has 96 valence electrons. The van der Waals surface area contributed by atoms with Crippen molar-refractivity contribution in [3.63, 3.8) is 0 Å². The number of nitrogens with zero attached hydrogens (tertiary/aromatic N) is 2. The Kier molecular flexibility index (Phi) is 2.70. The van der Waals surface area contributed by atoms with E-state index >= 15 is 0 Å². The fraction of sp³-hybridized carbons (Fsp3) is 0. The van der Waals surface area contributed by atoms with Gasteiger partial charge in [-0.2, -0.15) is 5.26 Å². The van der Waals surface area contributed by atoms with Gasteiger partial charge >= 0.3 is 5.88 Å².